The number of fused-ring (bicyclic) bond motifs is 1. The molecular formula is C18H20N4O4. The van der Waals surface area contributed by atoms with E-state index in [9.17, 15) is 9.90 Å². The average molecular weight is 356 g/mol. The molecule has 0 aromatic carbocycles. The Bertz CT molecular complexity index is 886. The van der Waals surface area contributed by atoms with Crippen LogP contribution in [0.1, 0.15) is 29.0 Å². The van der Waals surface area contributed by atoms with Gasteiger partial charge in [-0.15, -0.1) is 0 Å². The van der Waals surface area contributed by atoms with Crippen molar-refractivity contribution in [1.82, 2.24) is 20.1 Å². The predicted molar refractivity (Wildman–Crippen MR) is 92.6 cm³/mol. The standard InChI is InChI=1S/C18H20N4O4/c23-16-4-11(9-22-10-13(7-21-22)18(24)25)3-15(16)20-8-14-5-12-6-19-2-1-17(12)26-14/h1-2,5-7,10-11,15-16,20,23H,3-4,8-9H2,(H,24,25)/t11?,15-,16-/m1/s1. The Morgan fingerprint density at radius 2 is 2.27 bits per heavy atom. The first kappa shape index (κ1) is 16.7. The van der Waals surface area contributed by atoms with Crippen molar-refractivity contribution in [3.05, 3.63) is 48.2 Å². The molecule has 0 aliphatic heterocycles. The Labute approximate surface area is 149 Å². The van der Waals surface area contributed by atoms with Gasteiger partial charge in [-0.05, 0) is 30.9 Å². The lowest BCUT2D eigenvalue weighted by Gasteiger charge is -2.15. The molecule has 136 valence electrons. The smallest absolute Gasteiger partial charge is 0.338 e. The minimum Gasteiger partial charge on any atom is -0.478 e. The van der Waals surface area contributed by atoms with Crippen molar-refractivity contribution in [2.75, 3.05) is 0 Å². The molecule has 3 aromatic heterocycles. The molecule has 4 rings (SSSR count). The van der Waals surface area contributed by atoms with E-state index in [0.717, 1.165) is 23.2 Å². The zero-order valence-electron chi connectivity index (χ0n) is 14.1. The first-order chi connectivity index (χ1) is 12.6. The number of aliphatic hydroxyl groups excluding tert-OH is 1. The van der Waals surface area contributed by atoms with Gasteiger partial charge in [0.25, 0.3) is 0 Å². The van der Waals surface area contributed by atoms with E-state index in [1.54, 1.807) is 17.1 Å². The van der Waals surface area contributed by atoms with Crippen LogP contribution in [0.3, 0.4) is 0 Å². The first-order valence-electron chi connectivity index (χ1n) is 8.58. The number of furan rings is 1. The molecule has 3 atom stereocenters. The fraction of sp³-hybridized carbons (Fsp3) is 0.389. The number of carboxylic acids is 1. The number of pyridine rings is 1. The highest BCUT2D eigenvalue weighted by Gasteiger charge is 2.33. The average Bonchev–Trinajstić information content (AvgIpc) is 3.31. The van der Waals surface area contributed by atoms with Gasteiger partial charge >= 0.3 is 5.97 Å². The third kappa shape index (κ3) is 3.47. The lowest BCUT2D eigenvalue weighted by Crippen LogP contribution is -2.35. The first-order valence-corrected chi connectivity index (χ1v) is 8.58. The summed E-state index contributed by atoms with van der Waals surface area (Å²) in [6, 6.07) is 3.75. The summed E-state index contributed by atoms with van der Waals surface area (Å²) in [5.41, 5.74) is 0.979. The van der Waals surface area contributed by atoms with Crippen LogP contribution < -0.4 is 5.32 Å². The second kappa shape index (κ2) is 6.89. The second-order valence-electron chi connectivity index (χ2n) is 6.77. The molecule has 3 heterocycles. The topological polar surface area (TPSA) is 113 Å². The monoisotopic (exact) mass is 356 g/mol. The molecule has 1 fully saturated rings. The predicted octanol–water partition coefficient (Wildman–Crippen LogP) is 1.65. The summed E-state index contributed by atoms with van der Waals surface area (Å²) in [4.78, 5) is 15.0. The number of rotatable bonds is 6. The van der Waals surface area contributed by atoms with Gasteiger partial charge in [0.1, 0.15) is 11.3 Å². The fourth-order valence-corrected chi connectivity index (χ4v) is 3.58. The molecule has 0 amide bonds. The summed E-state index contributed by atoms with van der Waals surface area (Å²) in [6.45, 7) is 1.13. The van der Waals surface area contributed by atoms with Gasteiger partial charge < -0.3 is 19.9 Å². The molecule has 8 nitrogen and oxygen atoms in total. The van der Waals surface area contributed by atoms with Crippen molar-refractivity contribution in [1.29, 1.82) is 0 Å². The number of hydrogen-bond acceptors (Lipinski definition) is 6. The number of hydrogen-bond donors (Lipinski definition) is 3. The van der Waals surface area contributed by atoms with Gasteiger partial charge in [-0.2, -0.15) is 5.10 Å². The van der Waals surface area contributed by atoms with Crippen molar-refractivity contribution in [2.24, 2.45) is 5.92 Å². The molecule has 0 saturated heterocycles. The quantitative estimate of drug-likeness (QED) is 0.615. The highest BCUT2D eigenvalue weighted by Crippen LogP contribution is 2.28. The normalized spacial score (nSPS) is 22.9. The number of aromatic nitrogens is 3. The lowest BCUT2D eigenvalue weighted by atomic mass is 10.1. The maximum absolute atomic E-state index is 10.9. The van der Waals surface area contributed by atoms with Gasteiger partial charge in [-0.25, -0.2) is 4.79 Å². The van der Waals surface area contributed by atoms with Crippen LogP contribution in [0.25, 0.3) is 11.0 Å². The highest BCUT2D eigenvalue weighted by molar-refractivity contribution is 5.86. The fourth-order valence-electron chi connectivity index (χ4n) is 3.58. The number of carboxylic acid groups (broad SMARTS) is 1. The Morgan fingerprint density at radius 1 is 1.38 bits per heavy atom. The number of aliphatic hydroxyl groups is 1. The van der Waals surface area contributed by atoms with E-state index in [1.165, 1.54) is 12.4 Å². The molecule has 8 heteroatoms. The van der Waals surface area contributed by atoms with Gasteiger partial charge in [0.2, 0.25) is 0 Å². The van der Waals surface area contributed by atoms with Crippen LogP contribution in [0, 0.1) is 5.92 Å². The summed E-state index contributed by atoms with van der Waals surface area (Å²) >= 11 is 0. The minimum atomic E-state index is -0.983. The molecule has 0 spiro atoms. The molecule has 1 unspecified atom stereocenters. The van der Waals surface area contributed by atoms with E-state index < -0.39 is 12.1 Å². The Hall–Kier alpha value is -2.71. The van der Waals surface area contributed by atoms with Crippen LogP contribution in [0.2, 0.25) is 0 Å². The summed E-state index contributed by atoms with van der Waals surface area (Å²) in [7, 11) is 0. The molecule has 0 radical (unpaired) electrons. The molecule has 3 aromatic rings. The summed E-state index contributed by atoms with van der Waals surface area (Å²) < 4.78 is 7.39. The Balaban J connectivity index is 1.33. The van der Waals surface area contributed by atoms with Crippen LogP contribution in [0.5, 0.6) is 0 Å². The third-order valence-electron chi connectivity index (χ3n) is 4.86. The van der Waals surface area contributed by atoms with Crippen molar-refractivity contribution >= 4 is 16.9 Å². The second-order valence-corrected chi connectivity index (χ2v) is 6.77. The molecule has 3 N–H and O–H groups in total. The molecular weight excluding hydrogens is 336 g/mol. The summed E-state index contributed by atoms with van der Waals surface area (Å²) in [6.07, 6.45) is 7.34. The zero-order chi connectivity index (χ0) is 18.1. The SMILES string of the molecule is O=C(O)c1cnn(CC2C[C@@H](O)[C@H](NCc3cc4cnccc4o3)C2)c1. The molecule has 1 aliphatic carbocycles. The highest BCUT2D eigenvalue weighted by atomic mass is 16.4. The maximum atomic E-state index is 10.9. The van der Waals surface area contributed by atoms with Gasteiger partial charge in [0.05, 0.1) is 24.4 Å². The zero-order valence-corrected chi connectivity index (χ0v) is 14.1. The van der Waals surface area contributed by atoms with Gasteiger partial charge in [-0.1, -0.05) is 0 Å². The van der Waals surface area contributed by atoms with E-state index >= 15 is 0 Å². The van der Waals surface area contributed by atoms with E-state index in [1.807, 2.05) is 12.1 Å². The molecule has 26 heavy (non-hydrogen) atoms. The van der Waals surface area contributed by atoms with E-state index in [0.29, 0.717) is 19.5 Å². The van der Waals surface area contributed by atoms with Crippen molar-refractivity contribution in [2.45, 2.75) is 38.1 Å². The number of nitrogens with one attached hydrogen (secondary N) is 1. The van der Waals surface area contributed by atoms with Crippen LogP contribution in [0.4, 0.5) is 0 Å². The lowest BCUT2D eigenvalue weighted by molar-refractivity contribution is 0.0696. The maximum Gasteiger partial charge on any atom is 0.338 e. The van der Waals surface area contributed by atoms with Crippen LogP contribution in [-0.4, -0.2) is 43.1 Å². The Morgan fingerprint density at radius 3 is 3.04 bits per heavy atom. The van der Waals surface area contributed by atoms with Crippen LogP contribution >= 0.6 is 0 Å². The van der Waals surface area contributed by atoms with E-state index in [-0.39, 0.29) is 17.5 Å². The van der Waals surface area contributed by atoms with Crippen LogP contribution in [0.15, 0.2) is 41.3 Å². The summed E-state index contributed by atoms with van der Waals surface area (Å²) in [5.74, 6) is 0.0639. The number of nitrogens with zero attached hydrogens (tertiary/aromatic N) is 3. The van der Waals surface area contributed by atoms with E-state index in [2.05, 4.69) is 15.4 Å². The minimum absolute atomic E-state index is 0.0270. The number of carbonyl (C=O) groups is 1. The number of aromatic carboxylic acids is 1. The van der Waals surface area contributed by atoms with E-state index in [4.69, 9.17) is 9.52 Å². The van der Waals surface area contributed by atoms with Gasteiger partial charge in [0.15, 0.2) is 0 Å². The molecule has 0 bridgehead atoms. The third-order valence-corrected chi connectivity index (χ3v) is 4.86. The molecule has 1 aliphatic rings. The van der Waals surface area contributed by atoms with Crippen LogP contribution in [-0.2, 0) is 13.1 Å². The van der Waals surface area contributed by atoms with Crippen molar-refractivity contribution in [3.63, 3.8) is 0 Å². The Kier molecular flexibility index (Phi) is 4.44. The van der Waals surface area contributed by atoms with Gasteiger partial charge in [-0.3, -0.25) is 9.67 Å². The largest absolute Gasteiger partial charge is 0.478 e. The van der Waals surface area contributed by atoms with Crippen molar-refractivity contribution in [3.8, 4) is 0 Å². The molecule has 1 saturated carbocycles. The van der Waals surface area contributed by atoms with Crippen molar-refractivity contribution < 1.29 is 19.4 Å². The summed E-state index contributed by atoms with van der Waals surface area (Å²) in [5, 5.41) is 27.7. The van der Waals surface area contributed by atoms with Gasteiger partial charge in [0, 0.05) is 36.6 Å².